The quantitative estimate of drug-likeness (QED) is 0.642. The SMILES string of the molecule is CC1(C)CC(NCc2ccc(O)c(O)c2)CC(C)(C)N1. The molecule has 2 rings (SSSR count). The molecule has 4 nitrogen and oxygen atoms in total. The lowest BCUT2D eigenvalue weighted by molar-refractivity contribution is 0.145. The molecule has 4 N–H and O–H groups in total. The number of hydrogen-bond donors (Lipinski definition) is 4. The summed E-state index contributed by atoms with van der Waals surface area (Å²) >= 11 is 0. The van der Waals surface area contributed by atoms with E-state index in [0.717, 1.165) is 18.4 Å². The summed E-state index contributed by atoms with van der Waals surface area (Å²) in [6.45, 7) is 9.62. The van der Waals surface area contributed by atoms with E-state index < -0.39 is 0 Å². The van der Waals surface area contributed by atoms with Gasteiger partial charge < -0.3 is 20.8 Å². The molecule has 20 heavy (non-hydrogen) atoms. The minimum atomic E-state index is -0.0714. The van der Waals surface area contributed by atoms with E-state index in [4.69, 9.17) is 0 Å². The Morgan fingerprint density at radius 2 is 1.70 bits per heavy atom. The number of benzene rings is 1. The van der Waals surface area contributed by atoms with Crippen molar-refractivity contribution in [2.75, 3.05) is 0 Å². The fourth-order valence-corrected chi connectivity index (χ4v) is 3.41. The minimum Gasteiger partial charge on any atom is -0.504 e. The van der Waals surface area contributed by atoms with E-state index in [-0.39, 0.29) is 22.6 Å². The molecule has 4 heteroatoms. The molecule has 1 heterocycles. The highest BCUT2D eigenvalue weighted by atomic mass is 16.3. The lowest BCUT2D eigenvalue weighted by Gasteiger charge is -2.46. The maximum absolute atomic E-state index is 9.52. The van der Waals surface area contributed by atoms with Crippen LogP contribution in [0.3, 0.4) is 0 Å². The first-order chi connectivity index (χ1) is 9.17. The third-order valence-corrected chi connectivity index (χ3v) is 3.82. The number of piperidine rings is 1. The van der Waals surface area contributed by atoms with Crippen LogP contribution >= 0.6 is 0 Å². The molecule has 0 spiro atoms. The van der Waals surface area contributed by atoms with Crippen molar-refractivity contribution >= 4 is 0 Å². The van der Waals surface area contributed by atoms with Crippen LogP contribution in [0.2, 0.25) is 0 Å². The summed E-state index contributed by atoms with van der Waals surface area (Å²) in [5.74, 6) is -0.131. The third-order valence-electron chi connectivity index (χ3n) is 3.82. The van der Waals surface area contributed by atoms with Gasteiger partial charge in [-0.05, 0) is 58.2 Å². The summed E-state index contributed by atoms with van der Waals surface area (Å²) in [6.07, 6.45) is 2.14. The van der Waals surface area contributed by atoms with Crippen LogP contribution in [0.5, 0.6) is 11.5 Å². The van der Waals surface area contributed by atoms with Crippen LogP contribution < -0.4 is 10.6 Å². The Kier molecular flexibility index (Phi) is 3.98. The van der Waals surface area contributed by atoms with Crippen molar-refractivity contribution in [2.24, 2.45) is 0 Å². The number of aromatic hydroxyl groups is 2. The van der Waals surface area contributed by atoms with Crippen LogP contribution in [-0.4, -0.2) is 27.3 Å². The van der Waals surface area contributed by atoms with E-state index in [0.29, 0.717) is 12.6 Å². The number of rotatable bonds is 3. The second-order valence-electron chi connectivity index (χ2n) is 7.20. The predicted octanol–water partition coefficient (Wildman–Crippen LogP) is 2.50. The summed E-state index contributed by atoms with van der Waals surface area (Å²) < 4.78 is 0. The molecular formula is C16H26N2O2. The second-order valence-corrected chi connectivity index (χ2v) is 7.20. The molecule has 112 valence electrons. The van der Waals surface area contributed by atoms with Gasteiger partial charge in [-0.15, -0.1) is 0 Å². The Morgan fingerprint density at radius 3 is 2.25 bits per heavy atom. The van der Waals surface area contributed by atoms with E-state index in [2.05, 4.69) is 38.3 Å². The molecule has 0 amide bonds. The Labute approximate surface area is 121 Å². The van der Waals surface area contributed by atoms with E-state index in [9.17, 15) is 10.2 Å². The van der Waals surface area contributed by atoms with Crippen molar-refractivity contribution in [2.45, 2.75) is 64.2 Å². The van der Waals surface area contributed by atoms with Gasteiger partial charge >= 0.3 is 0 Å². The van der Waals surface area contributed by atoms with Gasteiger partial charge in [0.05, 0.1) is 0 Å². The van der Waals surface area contributed by atoms with Crippen molar-refractivity contribution in [3.8, 4) is 11.5 Å². The van der Waals surface area contributed by atoms with Gasteiger partial charge in [-0.3, -0.25) is 0 Å². The molecule has 0 atom stereocenters. The second kappa shape index (κ2) is 5.26. The van der Waals surface area contributed by atoms with E-state index in [1.54, 1.807) is 6.07 Å². The molecule has 0 bridgehead atoms. The molecule has 0 radical (unpaired) electrons. The first kappa shape index (κ1) is 15.1. The Hall–Kier alpha value is -1.26. The largest absolute Gasteiger partial charge is 0.504 e. The van der Waals surface area contributed by atoms with Crippen LogP contribution in [0.1, 0.15) is 46.1 Å². The van der Waals surface area contributed by atoms with Crippen molar-refractivity contribution < 1.29 is 10.2 Å². The normalized spacial score (nSPS) is 21.8. The van der Waals surface area contributed by atoms with Gasteiger partial charge in [-0.1, -0.05) is 6.07 Å². The zero-order valence-electron chi connectivity index (χ0n) is 12.8. The molecule has 1 fully saturated rings. The summed E-state index contributed by atoms with van der Waals surface area (Å²) in [4.78, 5) is 0. The number of phenols is 2. The first-order valence-electron chi connectivity index (χ1n) is 7.20. The predicted molar refractivity (Wildman–Crippen MR) is 80.9 cm³/mol. The van der Waals surface area contributed by atoms with Crippen LogP contribution in [-0.2, 0) is 6.54 Å². The van der Waals surface area contributed by atoms with Gasteiger partial charge in [0.1, 0.15) is 0 Å². The average Bonchev–Trinajstić information content (AvgIpc) is 2.27. The van der Waals surface area contributed by atoms with Crippen molar-refractivity contribution in [3.63, 3.8) is 0 Å². The monoisotopic (exact) mass is 278 g/mol. The van der Waals surface area contributed by atoms with Gasteiger partial charge in [0.15, 0.2) is 11.5 Å². The zero-order chi connectivity index (χ0) is 15.0. The summed E-state index contributed by atoms with van der Waals surface area (Å²) in [5.41, 5.74) is 1.22. The molecule has 1 aliphatic heterocycles. The van der Waals surface area contributed by atoms with E-state index in [1.165, 1.54) is 6.07 Å². The standard InChI is InChI=1S/C16H26N2O2/c1-15(2)8-12(9-16(3,4)18-15)17-10-11-5-6-13(19)14(20)7-11/h5-7,12,17-20H,8-10H2,1-4H3. The van der Waals surface area contributed by atoms with Crippen LogP contribution in [0, 0.1) is 0 Å². The Morgan fingerprint density at radius 1 is 1.10 bits per heavy atom. The maximum atomic E-state index is 9.52. The fraction of sp³-hybridized carbons (Fsp3) is 0.625. The third kappa shape index (κ3) is 3.87. The highest BCUT2D eigenvalue weighted by Gasteiger charge is 2.37. The van der Waals surface area contributed by atoms with E-state index in [1.807, 2.05) is 6.07 Å². The number of phenolic OH excluding ortho intramolecular Hbond substituents is 2. The summed E-state index contributed by atoms with van der Waals surface area (Å²) in [5, 5.41) is 26.1. The van der Waals surface area contributed by atoms with Crippen LogP contribution in [0.15, 0.2) is 18.2 Å². The molecule has 0 aliphatic carbocycles. The molecule has 1 aromatic carbocycles. The molecule has 1 aliphatic rings. The maximum Gasteiger partial charge on any atom is 0.157 e. The van der Waals surface area contributed by atoms with Gasteiger partial charge in [-0.25, -0.2) is 0 Å². The van der Waals surface area contributed by atoms with Crippen LogP contribution in [0.4, 0.5) is 0 Å². The van der Waals surface area contributed by atoms with Crippen molar-refractivity contribution in [3.05, 3.63) is 23.8 Å². The lowest BCUT2D eigenvalue weighted by atomic mass is 9.79. The number of hydrogen-bond acceptors (Lipinski definition) is 4. The molecule has 0 saturated carbocycles. The van der Waals surface area contributed by atoms with Crippen molar-refractivity contribution in [1.82, 2.24) is 10.6 Å². The Balaban J connectivity index is 1.98. The molecule has 1 saturated heterocycles. The van der Waals surface area contributed by atoms with Crippen molar-refractivity contribution in [1.29, 1.82) is 0 Å². The summed E-state index contributed by atoms with van der Waals surface area (Å²) in [7, 11) is 0. The first-order valence-corrected chi connectivity index (χ1v) is 7.20. The van der Waals surface area contributed by atoms with Gasteiger partial charge in [0.2, 0.25) is 0 Å². The molecule has 1 aromatic rings. The summed E-state index contributed by atoms with van der Waals surface area (Å²) in [6, 6.07) is 5.42. The highest BCUT2D eigenvalue weighted by Crippen LogP contribution is 2.29. The fourth-order valence-electron chi connectivity index (χ4n) is 3.41. The van der Waals surface area contributed by atoms with Gasteiger partial charge in [0, 0.05) is 23.7 Å². The molecule has 0 unspecified atom stereocenters. The van der Waals surface area contributed by atoms with Gasteiger partial charge in [0.25, 0.3) is 0 Å². The molecular weight excluding hydrogens is 252 g/mol. The topological polar surface area (TPSA) is 64.5 Å². The minimum absolute atomic E-state index is 0.0599. The zero-order valence-corrected chi connectivity index (χ0v) is 12.8. The van der Waals surface area contributed by atoms with E-state index >= 15 is 0 Å². The Bertz CT molecular complexity index is 467. The lowest BCUT2D eigenvalue weighted by Crippen LogP contribution is -2.61. The molecule has 0 aromatic heterocycles. The number of nitrogens with one attached hydrogen (secondary N) is 2. The smallest absolute Gasteiger partial charge is 0.157 e. The van der Waals surface area contributed by atoms with Gasteiger partial charge in [-0.2, -0.15) is 0 Å². The van der Waals surface area contributed by atoms with Crippen LogP contribution in [0.25, 0.3) is 0 Å². The average molecular weight is 278 g/mol. The highest BCUT2D eigenvalue weighted by molar-refractivity contribution is 5.40.